The average Bonchev–Trinajstić information content (AvgIpc) is 3.50. The number of aliphatic hydroxyl groups excluding tert-OH is 3. The van der Waals surface area contributed by atoms with Crippen molar-refractivity contribution in [3.63, 3.8) is 0 Å². The molecular formula is C29H36N4O9. The first kappa shape index (κ1) is 30.1. The zero-order valence-corrected chi connectivity index (χ0v) is 22.8. The second kappa shape index (κ2) is 13.7. The number of nitrogens with zero attached hydrogens (tertiary/aromatic N) is 1. The van der Waals surface area contributed by atoms with Crippen molar-refractivity contribution >= 4 is 0 Å². The molecule has 0 spiro atoms. The lowest BCUT2D eigenvalue weighted by Gasteiger charge is -2.28. The summed E-state index contributed by atoms with van der Waals surface area (Å²) in [6, 6.07) is 18.4. The van der Waals surface area contributed by atoms with Crippen molar-refractivity contribution in [1.82, 2.24) is 14.9 Å². The first-order chi connectivity index (χ1) is 20.3. The Hall–Kier alpha value is -3.40. The molecule has 0 aliphatic carbocycles. The summed E-state index contributed by atoms with van der Waals surface area (Å²) in [4.78, 5) is 25.9. The highest BCUT2D eigenvalue weighted by molar-refractivity contribution is 5.33. The van der Waals surface area contributed by atoms with Crippen LogP contribution >= 0.6 is 0 Å². The summed E-state index contributed by atoms with van der Waals surface area (Å²) in [5.74, 6) is 1.49. The van der Waals surface area contributed by atoms with Gasteiger partial charge in [-0.05, 0) is 42.8 Å². The third kappa shape index (κ3) is 7.14. The number of aliphatic hydroxyl groups is 3. The van der Waals surface area contributed by atoms with Crippen LogP contribution in [0.2, 0.25) is 0 Å². The highest BCUT2D eigenvalue weighted by atomic mass is 16.7. The Morgan fingerprint density at radius 2 is 1.74 bits per heavy atom. The van der Waals surface area contributed by atoms with Gasteiger partial charge in [0.1, 0.15) is 35.9 Å². The number of aromatic nitrogens is 2. The van der Waals surface area contributed by atoms with E-state index in [1.54, 1.807) is 0 Å². The molecular weight excluding hydrogens is 548 g/mol. The molecule has 0 bridgehead atoms. The fraction of sp³-hybridized carbons (Fsp3) is 0.448. The van der Waals surface area contributed by atoms with Crippen molar-refractivity contribution < 1.29 is 34.3 Å². The maximum Gasteiger partial charge on any atom is 0.330 e. The van der Waals surface area contributed by atoms with Crippen LogP contribution in [0, 0.1) is 0 Å². The lowest BCUT2D eigenvalue weighted by molar-refractivity contribution is -0.213. The topological polar surface area (TPSA) is 191 Å². The van der Waals surface area contributed by atoms with Crippen molar-refractivity contribution in [1.29, 1.82) is 0 Å². The summed E-state index contributed by atoms with van der Waals surface area (Å²) in [6.07, 6.45) is -6.04. The minimum Gasteiger partial charge on any atom is -0.457 e. The quantitative estimate of drug-likeness (QED) is 0.152. The lowest BCUT2D eigenvalue weighted by atomic mass is 10.1. The average molecular weight is 585 g/mol. The predicted octanol–water partition coefficient (Wildman–Crippen LogP) is -0.400. The molecule has 2 aliphatic rings. The van der Waals surface area contributed by atoms with E-state index < -0.39 is 60.4 Å². The third-order valence-electron chi connectivity index (χ3n) is 7.36. The molecule has 0 unspecified atom stereocenters. The smallest absolute Gasteiger partial charge is 0.330 e. The van der Waals surface area contributed by atoms with Gasteiger partial charge in [0.25, 0.3) is 5.56 Å². The molecule has 42 heavy (non-hydrogen) atoms. The van der Waals surface area contributed by atoms with Gasteiger partial charge in [0.15, 0.2) is 12.5 Å². The first-order valence-electron chi connectivity index (χ1n) is 13.9. The molecule has 0 amide bonds. The van der Waals surface area contributed by atoms with Crippen molar-refractivity contribution in [2.45, 2.75) is 62.0 Å². The Bertz CT molecular complexity index is 1400. The number of ether oxygens (including phenoxy) is 4. The summed E-state index contributed by atoms with van der Waals surface area (Å²) in [5.41, 5.74) is 5.44. The predicted molar refractivity (Wildman–Crippen MR) is 150 cm³/mol. The SMILES string of the molecule is NC[C@H]1O[C@@H](O[C@@H](CNCCc2ccc(Oc3ccccc3)cc2)[C@@H]2C[C@@H](O)[C@H](n3ccc(=O)[nH]c3=O)O2)[C@H](O)[C@@H]1O. The summed E-state index contributed by atoms with van der Waals surface area (Å²) in [6.45, 7) is 0.806. The van der Waals surface area contributed by atoms with Gasteiger partial charge in [0, 0.05) is 31.8 Å². The third-order valence-corrected chi connectivity index (χ3v) is 7.36. The number of rotatable bonds is 12. The summed E-state index contributed by atoms with van der Waals surface area (Å²) >= 11 is 0. The van der Waals surface area contributed by atoms with Crippen LogP contribution in [0.25, 0.3) is 0 Å². The van der Waals surface area contributed by atoms with Crippen molar-refractivity contribution in [2.24, 2.45) is 5.73 Å². The van der Waals surface area contributed by atoms with Gasteiger partial charge in [-0.15, -0.1) is 0 Å². The molecule has 226 valence electrons. The Labute approximate surface area is 241 Å². The summed E-state index contributed by atoms with van der Waals surface area (Å²) in [7, 11) is 0. The summed E-state index contributed by atoms with van der Waals surface area (Å²) < 4.78 is 24.7. The van der Waals surface area contributed by atoms with Crippen molar-refractivity contribution in [2.75, 3.05) is 19.6 Å². The van der Waals surface area contributed by atoms with E-state index in [0.717, 1.165) is 27.7 Å². The number of H-pyrrole nitrogens is 1. The molecule has 13 heteroatoms. The van der Waals surface area contributed by atoms with Gasteiger partial charge in [0.2, 0.25) is 0 Å². The van der Waals surface area contributed by atoms with Crippen LogP contribution in [0.15, 0.2) is 76.4 Å². The molecule has 7 N–H and O–H groups in total. The van der Waals surface area contributed by atoms with Gasteiger partial charge >= 0.3 is 5.69 Å². The Kier molecular flexibility index (Phi) is 9.82. The second-order valence-electron chi connectivity index (χ2n) is 10.3. The summed E-state index contributed by atoms with van der Waals surface area (Å²) in [5, 5.41) is 34.8. The molecule has 1 aromatic heterocycles. The molecule has 0 saturated carbocycles. The van der Waals surface area contributed by atoms with E-state index in [1.165, 1.54) is 6.20 Å². The van der Waals surface area contributed by atoms with E-state index >= 15 is 0 Å². The van der Waals surface area contributed by atoms with Gasteiger partial charge in [-0.25, -0.2) is 4.79 Å². The molecule has 2 saturated heterocycles. The normalized spacial score (nSPS) is 28.1. The fourth-order valence-corrected chi connectivity index (χ4v) is 5.08. The number of nitrogens with two attached hydrogens (primary N) is 1. The Morgan fingerprint density at radius 3 is 2.43 bits per heavy atom. The number of hydrogen-bond acceptors (Lipinski definition) is 11. The van der Waals surface area contributed by atoms with Crippen LogP contribution in [0.1, 0.15) is 18.2 Å². The number of hydrogen-bond donors (Lipinski definition) is 6. The monoisotopic (exact) mass is 584 g/mol. The number of para-hydroxylation sites is 1. The van der Waals surface area contributed by atoms with Crippen LogP contribution in [0.3, 0.4) is 0 Å². The van der Waals surface area contributed by atoms with Gasteiger partial charge in [-0.1, -0.05) is 30.3 Å². The van der Waals surface area contributed by atoms with Crippen LogP contribution in [0.4, 0.5) is 0 Å². The van der Waals surface area contributed by atoms with Crippen LogP contribution in [-0.4, -0.2) is 87.4 Å². The molecule has 5 rings (SSSR count). The zero-order valence-electron chi connectivity index (χ0n) is 22.8. The van der Waals surface area contributed by atoms with Crippen LogP contribution in [-0.2, 0) is 20.6 Å². The van der Waals surface area contributed by atoms with Gasteiger partial charge in [-0.3, -0.25) is 14.3 Å². The Balaban J connectivity index is 1.21. The molecule has 13 nitrogen and oxygen atoms in total. The molecule has 2 aliphatic heterocycles. The Morgan fingerprint density at radius 1 is 1.00 bits per heavy atom. The van der Waals surface area contributed by atoms with E-state index in [1.807, 2.05) is 54.6 Å². The first-order valence-corrected chi connectivity index (χ1v) is 13.9. The van der Waals surface area contributed by atoms with Crippen LogP contribution in [0.5, 0.6) is 11.5 Å². The zero-order chi connectivity index (χ0) is 29.6. The van der Waals surface area contributed by atoms with E-state index in [9.17, 15) is 24.9 Å². The molecule has 2 aromatic carbocycles. The number of nitrogens with one attached hydrogen (secondary N) is 2. The van der Waals surface area contributed by atoms with Crippen molar-refractivity contribution in [3.8, 4) is 11.5 Å². The highest BCUT2D eigenvalue weighted by Gasteiger charge is 2.46. The van der Waals surface area contributed by atoms with Crippen molar-refractivity contribution in [3.05, 3.63) is 93.3 Å². The molecule has 0 radical (unpaired) electrons. The van der Waals surface area contributed by atoms with E-state index in [0.29, 0.717) is 13.0 Å². The molecule has 2 fully saturated rings. The highest BCUT2D eigenvalue weighted by Crippen LogP contribution is 2.32. The maximum absolute atomic E-state index is 12.3. The minimum absolute atomic E-state index is 0.00791. The standard InChI is InChI=1S/C29H36N4O9/c30-15-22-25(36)26(37)28(41-22)42-23(21-14-20(34)27(40-21)33-13-11-24(35)32-29(33)38)16-31-12-10-17-6-8-19(9-7-17)39-18-4-2-1-3-5-18/h1-9,11,13,20-23,25-28,31,34,36-37H,10,12,14-16,30H2,(H,32,35,38)/t20-,21+,22-,23+,25-,26-,27-,28+/m1/s1. The van der Waals surface area contributed by atoms with E-state index in [4.69, 9.17) is 24.7 Å². The van der Waals surface area contributed by atoms with Gasteiger partial charge < -0.3 is 45.3 Å². The minimum atomic E-state index is -1.33. The lowest BCUT2D eigenvalue weighted by Crippen LogP contribution is -2.44. The maximum atomic E-state index is 12.3. The van der Waals surface area contributed by atoms with Gasteiger partial charge in [0.05, 0.1) is 12.2 Å². The molecule has 3 heterocycles. The number of benzene rings is 2. The second-order valence-corrected chi connectivity index (χ2v) is 10.3. The van der Waals surface area contributed by atoms with Gasteiger partial charge in [-0.2, -0.15) is 0 Å². The molecule has 3 aromatic rings. The largest absolute Gasteiger partial charge is 0.457 e. The fourth-order valence-electron chi connectivity index (χ4n) is 5.08. The van der Waals surface area contributed by atoms with E-state index in [-0.39, 0.29) is 19.5 Å². The molecule has 8 atom stereocenters. The van der Waals surface area contributed by atoms with Crippen LogP contribution < -0.4 is 27.0 Å². The van der Waals surface area contributed by atoms with E-state index in [2.05, 4.69) is 10.3 Å². The number of aromatic amines is 1.